The number of nitrogens with one attached hydrogen (secondary N) is 2. The largest absolute Gasteiger partial charge is 0.354 e. The van der Waals surface area contributed by atoms with Crippen molar-refractivity contribution in [1.82, 2.24) is 10.2 Å². The van der Waals surface area contributed by atoms with Crippen LogP contribution in [-0.4, -0.2) is 23.9 Å². The van der Waals surface area contributed by atoms with Crippen molar-refractivity contribution in [2.45, 2.75) is 20.0 Å². The molecule has 0 aliphatic carbocycles. The monoisotopic (exact) mass is 425 g/mol. The van der Waals surface area contributed by atoms with Gasteiger partial charge < -0.3 is 15.5 Å². The van der Waals surface area contributed by atoms with Crippen LogP contribution < -0.4 is 10.6 Å². The molecular formula is C18H18BrF2N3O2. The lowest BCUT2D eigenvalue weighted by atomic mass is 10.1. The summed E-state index contributed by atoms with van der Waals surface area (Å²) in [4.78, 5) is 23.1. The Bertz CT molecular complexity index is 802. The van der Waals surface area contributed by atoms with E-state index >= 15 is 0 Å². The fourth-order valence-electron chi connectivity index (χ4n) is 2.37. The number of anilines is 1. The molecule has 2 aromatic rings. The second-order valence-corrected chi connectivity index (χ2v) is 6.30. The highest BCUT2D eigenvalue weighted by Crippen LogP contribution is 2.29. The van der Waals surface area contributed by atoms with Gasteiger partial charge in [-0.3, -0.25) is 4.79 Å². The van der Waals surface area contributed by atoms with Gasteiger partial charge in [-0.1, -0.05) is 28.1 Å². The zero-order valence-electron chi connectivity index (χ0n) is 14.1. The summed E-state index contributed by atoms with van der Waals surface area (Å²) in [7, 11) is 0. The maximum absolute atomic E-state index is 12.8. The molecule has 3 rings (SSSR count). The molecule has 0 saturated carbocycles. The molecule has 5 nitrogen and oxygen atoms in total. The van der Waals surface area contributed by atoms with Crippen LogP contribution in [0, 0.1) is 11.6 Å². The third-order valence-corrected chi connectivity index (χ3v) is 4.51. The maximum Gasteiger partial charge on any atom is 0.322 e. The van der Waals surface area contributed by atoms with E-state index in [2.05, 4.69) is 26.6 Å². The molecule has 3 amide bonds. The molecule has 0 saturated heterocycles. The molecule has 1 aliphatic heterocycles. The molecule has 0 bridgehead atoms. The molecule has 0 radical (unpaired) electrons. The number of urea groups is 1. The number of hydrogen-bond donors (Lipinski definition) is 2. The molecule has 1 heterocycles. The van der Waals surface area contributed by atoms with Crippen LogP contribution in [0.5, 0.6) is 0 Å². The van der Waals surface area contributed by atoms with Gasteiger partial charge in [-0.15, -0.1) is 0 Å². The molecule has 0 aromatic heterocycles. The first-order valence-electron chi connectivity index (χ1n) is 7.90. The molecule has 26 heavy (non-hydrogen) atoms. The van der Waals surface area contributed by atoms with Gasteiger partial charge in [-0.05, 0) is 25.1 Å². The minimum absolute atomic E-state index is 0.0156. The van der Waals surface area contributed by atoms with Crippen LogP contribution in [0.2, 0.25) is 0 Å². The number of carbonyl (C=O) groups is 2. The summed E-state index contributed by atoms with van der Waals surface area (Å²) in [6.07, 6.45) is 0.461. The maximum atomic E-state index is 12.8. The van der Waals surface area contributed by atoms with Crippen molar-refractivity contribution in [3.05, 3.63) is 63.6 Å². The summed E-state index contributed by atoms with van der Waals surface area (Å²) < 4.78 is 26.2. The summed E-state index contributed by atoms with van der Waals surface area (Å²) in [5.41, 5.74) is 2.33. The van der Waals surface area contributed by atoms with Gasteiger partial charge in [-0.2, -0.15) is 0 Å². The van der Waals surface area contributed by atoms with Gasteiger partial charge >= 0.3 is 6.03 Å². The lowest BCUT2D eigenvalue weighted by Crippen LogP contribution is -2.38. The van der Waals surface area contributed by atoms with Gasteiger partial charge in [-0.25, -0.2) is 13.6 Å². The van der Waals surface area contributed by atoms with Crippen molar-refractivity contribution in [3.8, 4) is 0 Å². The SMILES string of the molecule is CCN1Cc2c(Br)cccc2NC1=O.O=CNCc1ccc(F)cc1F. The standard InChI is InChI=1S/C10H11BrN2O.C8H7F2NO/c1-2-13-6-7-8(11)4-3-5-9(7)12-10(13)14;9-7-2-1-6(4-11-5-12)8(10)3-7/h3-5H,2,6H2,1H3,(H,12,14);1-3,5H,4H2,(H,11,12). The molecule has 2 N–H and O–H groups in total. The predicted molar refractivity (Wildman–Crippen MR) is 98.5 cm³/mol. The van der Waals surface area contributed by atoms with Crippen LogP contribution in [-0.2, 0) is 17.9 Å². The van der Waals surface area contributed by atoms with Crippen LogP contribution >= 0.6 is 15.9 Å². The summed E-state index contributed by atoms with van der Waals surface area (Å²) >= 11 is 3.48. The molecule has 0 fully saturated rings. The molecule has 1 aliphatic rings. The average Bonchev–Trinajstić information content (AvgIpc) is 2.61. The molecule has 138 valence electrons. The quantitative estimate of drug-likeness (QED) is 0.726. The van der Waals surface area contributed by atoms with Crippen molar-refractivity contribution in [3.63, 3.8) is 0 Å². The first-order chi connectivity index (χ1) is 12.5. The van der Waals surface area contributed by atoms with Crippen LogP contribution in [0.15, 0.2) is 40.9 Å². The predicted octanol–water partition coefficient (Wildman–Crippen LogP) is 4.03. The first-order valence-corrected chi connectivity index (χ1v) is 8.69. The minimum Gasteiger partial charge on any atom is -0.354 e. The number of amides is 3. The Kier molecular flexibility index (Phi) is 7.08. The summed E-state index contributed by atoms with van der Waals surface area (Å²) in [5.74, 6) is -1.27. The van der Waals surface area contributed by atoms with E-state index in [-0.39, 0.29) is 18.1 Å². The van der Waals surface area contributed by atoms with Crippen LogP contribution in [0.25, 0.3) is 0 Å². The smallest absolute Gasteiger partial charge is 0.322 e. The zero-order chi connectivity index (χ0) is 19.1. The number of carbonyl (C=O) groups excluding carboxylic acids is 2. The molecule has 8 heteroatoms. The third-order valence-electron chi connectivity index (χ3n) is 3.77. The molecule has 2 aromatic carbocycles. The van der Waals surface area contributed by atoms with E-state index < -0.39 is 11.6 Å². The van der Waals surface area contributed by atoms with Gasteiger partial charge in [0.1, 0.15) is 11.6 Å². The fraction of sp³-hybridized carbons (Fsp3) is 0.222. The minimum atomic E-state index is -0.649. The lowest BCUT2D eigenvalue weighted by molar-refractivity contribution is -0.109. The van der Waals surface area contributed by atoms with Crippen LogP contribution in [0.1, 0.15) is 18.1 Å². The van der Waals surface area contributed by atoms with Gasteiger partial charge in [0.2, 0.25) is 6.41 Å². The van der Waals surface area contributed by atoms with E-state index in [0.717, 1.165) is 34.4 Å². The number of halogens is 3. The van der Waals surface area contributed by atoms with Crippen LogP contribution in [0.3, 0.4) is 0 Å². The summed E-state index contributed by atoms with van der Waals surface area (Å²) in [6, 6.07) is 9.03. The summed E-state index contributed by atoms with van der Waals surface area (Å²) in [5, 5.41) is 5.14. The molecule has 0 spiro atoms. The molecule has 0 unspecified atom stereocenters. The highest BCUT2D eigenvalue weighted by atomic mass is 79.9. The number of fused-ring (bicyclic) bond motifs is 1. The zero-order valence-corrected chi connectivity index (χ0v) is 15.6. The van der Waals surface area contributed by atoms with E-state index in [1.807, 2.05) is 25.1 Å². The van der Waals surface area contributed by atoms with E-state index in [4.69, 9.17) is 0 Å². The first kappa shape index (κ1) is 19.8. The van der Waals surface area contributed by atoms with Gasteiger partial charge in [0.15, 0.2) is 0 Å². The van der Waals surface area contributed by atoms with E-state index in [9.17, 15) is 18.4 Å². The lowest BCUT2D eigenvalue weighted by Gasteiger charge is -2.28. The fourth-order valence-corrected chi connectivity index (χ4v) is 2.86. The van der Waals surface area contributed by atoms with Crippen LogP contribution in [0.4, 0.5) is 19.3 Å². The Morgan fingerprint density at radius 2 is 2.08 bits per heavy atom. The Morgan fingerprint density at radius 1 is 1.31 bits per heavy atom. The third kappa shape index (κ3) is 5.01. The van der Waals surface area contributed by atoms with Crippen molar-refractivity contribution in [2.24, 2.45) is 0 Å². The highest BCUT2D eigenvalue weighted by molar-refractivity contribution is 9.10. The average molecular weight is 426 g/mol. The second kappa shape index (κ2) is 9.28. The Morgan fingerprint density at radius 3 is 2.73 bits per heavy atom. The highest BCUT2D eigenvalue weighted by Gasteiger charge is 2.22. The number of hydrogen-bond acceptors (Lipinski definition) is 2. The van der Waals surface area contributed by atoms with E-state index in [1.165, 1.54) is 6.07 Å². The van der Waals surface area contributed by atoms with Crippen molar-refractivity contribution < 1.29 is 18.4 Å². The second-order valence-electron chi connectivity index (χ2n) is 5.44. The Labute approximate surface area is 158 Å². The van der Waals surface area contributed by atoms with Crippen molar-refractivity contribution in [1.29, 1.82) is 0 Å². The van der Waals surface area contributed by atoms with Crippen molar-refractivity contribution in [2.75, 3.05) is 11.9 Å². The van der Waals surface area contributed by atoms with Gasteiger partial charge in [0.25, 0.3) is 0 Å². The van der Waals surface area contributed by atoms with Crippen molar-refractivity contribution >= 4 is 34.1 Å². The normalized spacial score (nSPS) is 12.5. The number of rotatable bonds is 4. The summed E-state index contributed by atoms with van der Waals surface area (Å²) in [6.45, 7) is 3.46. The topological polar surface area (TPSA) is 61.4 Å². The Hall–Kier alpha value is -2.48. The number of nitrogens with zero attached hydrogens (tertiary/aromatic N) is 1. The number of benzene rings is 2. The Balaban J connectivity index is 0.000000190. The van der Waals surface area contributed by atoms with Gasteiger partial charge in [0.05, 0.1) is 6.54 Å². The molecule has 0 atom stereocenters. The molecular weight excluding hydrogens is 408 g/mol. The van der Waals surface area contributed by atoms with Gasteiger partial charge in [0, 0.05) is 40.4 Å². The van der Waals surface area contributed by atoms with E-state index in [0.29, 0.717) is 13.0 Å². The van der Waals surface area contributed by atoms with E-state index in [1.54, 1.807) is 4.90 Å².